The molecule has 0 saturated carbocycles. The SMILES string of the molecule is CC(c1ccccc1)n1c(=O)[nH]c2sc3c(c2c1=O)CCCC3. The number of nitrogens with one attached hydrogen (secondary N) is 1. The van der Waals surface area contributed by atoms with E-state index in [1.54, 1.807) is 11.3 Å². The summed E-state index contributed by atoms with van der Waals surface area (Å²) in [6.07, 6.45) is 4.24. The van der Waals surface area contributed by atoms with Gasteiger partial charge in [0, 0.05) is 4.88 Å². The van der Waals surface area contributed by atoms with Crippen molar-refractivity contribution >= 4 is 21.6 Å². The summed E-state index contributed by atoms with van der Waals surface area (Å²) in [6.45, 7) is 1.90. The molecule has 1 atom stereocenters. The Bertz CT molecular complexity index is 982. The van der Waals surface area contributed by atoms with Crippen LogP contribution in [-0.2, 0) is 12.8 Å². The summed E-state index contributed by atoms with van der Waals surface area (Å²) in [5, 5.41) is 0.729. The number of thiophene rings is 1. The number of benzene rings is 1. The van der Waals surface area contributed by atoms with E-state index in [9.17, 15) is 9.59 Å². The summed E-state index contributed by atoms with van der Waals surface area (Å²) in [6, 6.07) is 9.40. The molecule has 1 unspecified atom stereocenters. The van der Waals surface area contributed by atoms with Crippen molar-refractivity contribution in [3.8, 4) is 0 Å². The van der Waals surface area contributed by atoms with Crippen LogP contribution in [0.5, 0.6) is 0 Å². The van der Waals surface area contributed by atoms with E-state index in [2.05, 4.69) is 4.98 Å². The number of rotatable bonds is 2. The van der Waals surface area contributed by atoms with Crippen molar-refractivity contribution in [1.29, 1.82) is 0 Å². The van der Waals surface area contributed by atoms with Crippen LogP contribution in [0.2, 0.25) is 0 Å². The van der Waals surface area contributed by atoms with Crippen LogP contribution in [0.4, 0.5) is 0 Å². The van der Waals surface area contributed by atoms with E-state index in [0.29, 0.717) is 0 Å². The Morgan fingerprint density at radius 1 is 1.13 bits per heavy atom. The van der Waals surface area contributed by atoms with Crippen LogP contribution in [0.25, 0.3) is 10.2 Å². The fourth-order valence-corrected chi connectivity index (χ4v) is 4.75. The van der Waals surface area contributed by atoms with Gasteiger partial charge in [-0.25, -0.2) is 4.79 Å². The largest absolute Gasteiger partial charge is 0.330 e. The van der Waals surface area contributed by atoms with Crippen LogP contribution in [0.1, 0.15) is 41.8 Å². The topological polar surface area (TPSA) is 54.9 Å². The molecule has 1 N–H and O–H groups in total. The van der Waals surface area contributed by atoms with E-state index in [0.717, 1.165) is 40.6 Å². The van der Waals surface area contributed by atoms with Crippen LogP contribution in [0.15, 0.2) is 39.9 Å². The van der Waals surface area contributed by atoms with Gasteiger partial charge in [-0.05, 0) is 43.7 Å². The molecule has 0 saturated heterocycles. The highest BCUT2D eigenvalue weighted by atomic mass is 32.1. The first kappa shape index (κ1) is 14.5. The number of nitrogens with zero attached hydrogens (tertiary/aromatic N) is 1. The van der Waals surface area contributed by atoms with Gasteiger partial charge in [0.15, 0.2) is 0 Å². The predicted molar refractivity (Wildman–Crippen MR) is 93.6 cm³/mol. The molecule has 4 nitrogen and oxygen atoms in total. The molecule has 5 heteroatoms. The zero-order valence-corrected chi connectivity index (χ0v) is 13.8. The minimum Gasteiger partial charge on any atom is -0.298 e. The van der Waals surface area contributed by atoms with Gasteiger partial charge in [-0.3, -0.25) is 14.3 Å². The molecule has 1 aliphatic carbocycles. The van der Waals surface area contributed by atoms with Gasteiger partial charge < -0.3 is 0 Å². The summed E-state index contributed by atoms with van der Waals surface area (Å²) in [4.78, 5) is 30.5. The molecule has 118 valence electrons. The van der Waals surface area contributed by atoms with E-state index in [-0.39, 0.29) is 17.3 Å². The maximum atomic E-state index is 13.0. The lowest BCUT2D eigenvalue weighted by molar-refractivity contribution is 0.585. The van der Waals surface area contributed by atoms with Crippen molar-refractivity contribution in [2.45, 2.75) is 38.6 Å². The molecule has 0 amide bonds. The number of fused-ring (bicyclic) bond motifs is 3. The lowest BCUT2D eigenvalue weighted by atomic mass is 9.97. The third kappa shape index (κ3) is 2.27. The van der Waals surface area contributed by atoms with Gasteiger partial charge in [-0.15, -0.1) is 11.3 Å². The summed E-state index contributed by atoms with van der Waals surface area (Å²) in [5.41, 5.74) is 1.65. The van der Waals surface area contributed by atoms with E-state index < -0.39 is 0 Å². The van der Waals surface area contributed by atoms with Crippen LogP contribution in [0, 0.1) is 0 Å². The molecular weight excluding hydrogens is 308 g/mol. The van der Waals surface area contributed by atoms with Gasteiger partial charge in [-0.1, -0.05) is 30.3 Å². The Morgan fingerprint density at radius 2 is 1.87 bits per heavy atom. The van der Waals surface area contributed by atoms with Crippen molar-refractivity contribution in [3.63, 3.8) is 0 Å². The second-order valence-corrected chi connectivity index (χ2v) is 7.21. The number of aryl methyl sites for hydroxylation is 2. The molecule has 2 heterocycles. The zero-order chi connectivity index (χ0) is 16.0. The average molecular weight is 326 g/mol. The second-order valence-electron chi connectivity index (χ2n) is 6.11. The molecule has 0 radical (unpaired) electrons. The van der Waals surface area contributed by atoms with Crippen molar-refractivity contribution in [2.24, 2.45) is 0 Å². The standard InChI is InChI=1S/C18H18N2O2S/c1-11(12-7-3-2-4-8-12)20-17(21)15-13-9-5-6-10-14(13)23-16(15)19-18(20)22/h2-4,7-8,11H,5-6,9-10H2,1H3,(H,19,22). The van der Waals surface area contributed by atoms with Gasteiger partial charge in [0.2, 0.25) is 0 Å². The number of aromatic amines is 1. The fraction of sp³-hybridized carbons (Fsp3) is 0.333. The molecule has 1 aromatic carbocycles. The van der Waals surface area contributed by atoms with E-state index >= 15 is 0 Å². The number of hydrogen-bond acceptors (Lipinski definition) is 3. The first-order valence-corrected chi connectivity index (χ1v) is 8.82. The van der Waals surface area contributed by atoms with Crippen LogP contribution in [0.3, 0.4) is 0 Å². The number of hydrogen-bond donors (Lipinski definition) is 1. The molecular formula is C18H18N2O2S. The Labute approximate surface area is 137 Å². The Hall–Kier alpha value is -2.14. The van der Waals surface area contributed by atoms with E-state index in [1.165, 1.54) is 15.9 Å². The third-order valence-corrected chi connectivity index (χ3v) is 5.92. The first-order chi connectivity index (χ1) is 11.2. The van der Waals surface area contributed by atoms with Gasteiger partial charge in [-0.2, -0.15) is 0 Å². The Morgan fingerprint density at radius 3 is 2.65 bits per heavy atom. The quantitative estimate of drug-likeness (QED) is 0.786. The maximum absolute atomic E-state index is 13.0. The zero-order valence-electron chi connectivity index (χ0n) is 13.0. The minimum atomic E-state index is -0.322. The minimum absolute atomic E-state index is 0.153. The predicted octanol–water partition coefficient (Wildman–Crippen LogP) is 3.24. The smallest absolute Gasteiger partial charge is 0.298 e. The van der Waals surface area contributed by atoms with Crippen molar-refractivity contribution in [1.82, 2.24) is 9.55 Å². The summed E-state index contributed by atoms with van der Waals surface area (Å²) < 4.78 is 1.36. The Kier molecular flexibility index (Phi) is 3.45. The second kappa shape index (κ2) is 5.49. The van der Waals surface area contributed by atoms with Crippen molar-refractivity contribution in [2.75, 3.05) is 0 Å². The lowest BCUT2D eigenvalue weighted by Gasteiger charge is -2.15. The molecule has 0 fully saturated rings. The van der Waals surface area contributed by atoms with Gasteiger partial charge in [0.25, 0.3) is 5.56 Å². The van der Waals surface area contributed by atoms with Crippen LogP contribution >= 0.6 is 11.3 Å². The maximum Gasteiger partial charge on any atom is 0.330 e. The van der Waals surface area contributed by atoms with Crippen LogP contribution < -0.4 is 11.2 Å². The summed E-state index contributed by atoms with van der Waals surface area (Å²) in [7, 11) is 0. The average Bonchev–Trinajstić information content (AvgIpc) is 2.93. The molecule has 4 rings (SSSR count). The molecule has 0 bridgehead atoms. The highest BCUT2D eigenvalue weighted by Crippen LogP contribution is 2.33. The van der Waals surface area contributed by atoms with Gasteiger partial charge in [0.1, 0.15) is 4.83 Å². The monoisotopic (exact) mass is 326 g/mol. The van der Waals surface area contributed by atoms with E-state index in [1.807, 2.05) is 37.3 Å². The summed E-state index contributed by atoms with van der Waals surface area (Å²) in [5.74, 6) is 0. The molecule has 1 aliphatic rings. The molecule has 2 aromatic heterocycles. The third-order valence-electron chi connectivity index (χ3n) is 4.71. The Balaban J connectivity index is 1.97. The normalized spacial score (nSPS) is 15.5. The van der Waals surface area contributed by atoms with Gasteiger partial charge >= 0.3 is 5.69 Å². The highest BCUT2D eigenvalue weighted by molar-refractivity contribution is 7.18. The van der Waals surface area contributed by atoms with Gasteiger partial charge in [0.05, 0.1) is 11.4 Å². The molecule has 0 aliphatic heterocycles. The molecule has 3 aromatic rings. The van der Waals surface area contributed by atoms with Crippen molar-refractivity contribution < 1.29 is 0 Å². The van der Waals surface area contributed by atoms with Crippen molar-refractivity contribution in [3.05, 3.63) is 67.2 Å². The number of H-pyrrole nitrogens is 1. The molecule has 0 spiro atoms. The van der Waals surface area contributed by atoms with E-state index in [4.69, 9.17) is 0 Å². The van der Waals surface area contributed by atoms with Crippen LogP contribution in [-0.4, -0.2) is 9.55 Å². The number of aromatic nitrogens is 2. The molecule has 23 heavy (non-hydrogen) atoms. The summed E-state index contributed by atoms with van der Waals surface area (Å²) >= 11 is 1.58. The fourth-order valence-electron chi connectivity index (χ4n) is 3.48. The highest BCUT2D eigenvalue weighted by Gasteiger charge is 2.22. The lowest BCUT2D eigenvalue weighted by Crippen LogP contribution is -2.37. The first-order valence-electron chi connectivity index (χ1n) is 8.01.